The molecule has 1 aromatic carbocycles. The molecule has 0 aliphatic heterocycles. The topological polar surface area (TPSA) is 46.9 Å². The minimum Gasteiger partial charge on any atom is -0.350 e. The van der Waals surface area contributed by atoms with Crippen LogP contribution in [0, 0.1) is 6.92 Å². The summed E-state index contributed by atoms with van der Waals surface area (Å²) in [4.78, 5) is 13.1. The highest BCUT2D eigenvalue weighted by molar-refractivity contribution is 7.13. The first-order chi connectivity index (χ1) is 10.7. The Morgan fingerprint density at radius 1 is 1.23 bits per heavy atom. The number of hydrogen-bond donors (Lipinski definition) is 1. The van der Waals surface area contributed by atoms with Crippen molar-refractivity contribution in [1.29, 1.82) is 0 Å². The number of aromatic nitrogens is 2. The van der Waals surface area contributed by atoms with Crippen LogP contribution in [0.5, 0.6) is 0 Å². The van der Waals surface area contributed by atoms with Crippen LogP contribution in [0.1, 0.15) is 16.1 Å². The molecule has 1 amide bonds. The number of nitrogens with zero attached hydrogens (tertiary/aromatic N) is 2. The maximum atomic E-state index is 12.0. The van der Waals surface area contributed by atoms with Crippen molar-refractivity contribution >= 4 is 17.2 Å². The fourth-order valence-electron chi connectivity index (χ4n) is 2.25. The van der Waals surface area contributed by atoms with Crippen LogP contribution in [0.3, 0.4) is 0 Å². The van der Waals surface area contributed by atoms with E-state index in [-0.39, 0.29) is 5.91 Å². The number of carbonyl (C=O) groups excluding carboxylic acids is 1. The molecule has 0 saturated carbocycles. The SMILES string of the molecule is Cc1cc(-c2cccs2)nn1CCNC(=O)c1ccccc1. The summed E-state index contributed by atoms with van der Waals surface area (Å²) < 4.78 is 1.93. The van der Waals surface area contributed by atoms with Gasteiger partial charge in [0, 0.05) is 17.8 Å². The molecular weight excluding hydrogens is 294 g/mol. The molecule has 0 aliphatic rings. The molecule has 2 aromatic heterocycles. The molecular formula is C17H17N3OS. The van der Waals surface area contributed by atoms with E-state index in [0.717, 1.165) is 16.3 Å². The van der Waals surface area contributed by atoms with Crippen LogP contribution in [0.2, 0.25) is 0 Å². The third kappa shape index (κ3) is 3.26. The average Bonchev–Trinajstić information content (AvgIpc) is 3.18. The maximum absolute atomic E-state index is 12.0. The lowest BCUT2D eigenvalue weighted by molar-refractivity contribution is 0.0952. The lowest BCUT2D eigenvalue weighted by Gasteiger charge is -2.06. The number of benzene rings is 1. The van der Waals surface area contributed by atoms with Crippen molar-refractivity contribution in [1.82, 2.24) is 15.1 Å². The molecule has 0 saturated heterocycles. The Morgan fingerprint density at radius 3 is 2.77 bits per heavy atom. The summed E-state index contributed by atoms with van der Waals surface area (Å²) in [7, 11) is 0. The molecule has 0 bridgehead atoms. The molecule has 2 heterocycles. The second kappa shape index (κ2) is 6.58. The van der Waals surface area contributed by atoms with Crippen molar-refractivity contribution in [3.8, 4) is 10.6 Å². The second-order valence-corrected chi connectivity index (χ2v) is 5.94. The average molecular weight is 311 g/mol. The molecule has 0 fully saturated rings. The van der Waals surface area contributed by atoms with Crippen LogP contribution >= 0.6 is 11.3 Å². The Labute approximate surface area is 133 Å². The minimum atomic E-state index is -0.0520. The summed E-state index contributed by atoms with van der Waals surface area (Å²) in [5.41, 5.74) is 2.76. The van der Waals surface area contributed by atoms with Gasteiger partial charge in [-0.25, -0.2) is 0 Å². The van der Waals surface area contributed by atoms with E-state index in [1.165, 1.54) is 0 Å². The zero-order valence-corrected chi connectivity index (χ0v) is 13.1. The number of amides is 1. The summed E-state index contributed by atoms with van der Waals surface area (Å²) in [6, 6.07) is 15.4. The number of carbonyl (C=O) groups is 1. The summed E-state index contributed by atoms with van der Waals surface area (Å²) in [6.07, 6.45) is 0. The highest BCUT2D eigenvalue weighted by Gasteiger charge is 2.08. The molecule has 0 spiro atoms. The molecule has 3 aromatic rings. The van der Waals surface area contributed by atoms with Crippen molar-refractivity contribution < 1.29 is 4.79 Å². The van der Waals surface area contributed by atoms with Crippen molar-refractivity contribution in [2.45, 2.75) is 13.5 Å². The molecule has 0 aliphatic carbocycles. The van der Waals surface area contributed by atoms with Gasteiger partial charge in [-0.15, -0.1) is 11.3 Å². The van der Waals surface area contributed by atoms with Gasteiger partial charge in [0.1, 0.15) is 5.69 Å². The van der Waals surface area contributed by atoms with E-state index < -0.39 is 0 Å². The van der Waals surface area contributed by atoms with Gasteiger partial charge >= 0.3 is 0 Å². The second-order valence-electron chi connectivity index (χ2n) is 4.99. The van der Waals surface area contributed by atoms with Gasteiger partial charge in [0.2, 0.25) is 0 Å². The molecule has 112 valence electrons. The molecule has 5 heteroatoms. The zero-order chi connectivity index (χ0) is 15.4. The maximum Gasteiger partial charge on any atom is 0.251 e. The van der Waals surface area contributed by atoms with Gasteiger partial charge in [-0.2, -0.15) is 5.10 Å². The third-order valence-corrected chi connectivity index (χ3v) is 4.29. The monoisotopic (exact) mass is 311 g/mol. The lowest BCUT2D eigenvalue weighted by atomic mass is 10.2. The first kappa shape index (κ1) is 14.5. The summed E-state index contributed by atoms with van der Waals surface area (Å²) in [5.74, 6) is -0.0520. The molecule has 1 N–H and O–H groups in total. The molecule has 22 heavy (non-hydrogen) atoms. The highest BCUT2D eigenvalue weighted by atomic mass is 32.1. The molecule has 0 radical (unpaired) electrons. The number of aryl methyl sites for hydroxylation is 1. The number of thiophene rings is 1. The van der Waals surface area contributed by atoms with Gasteiger partial charge < -0.3 is 5.32 Å². The normalized spacial score (nSPS) is 10.6. The van der Waals surface area contributed by atoms with Gasteiger partial charge in [-0.1, -0.05) is 24.3 Å². The first-order valence-electron chi connectivity index (χ1n) is 7.15. The number of nitrogens with one attached hydrogen (secondary N) is 1. The standard InChI is InChI=1S/C17H17N3OS/c1-13-12-15(16-8-5-11-22-16)19-20(13)10-9-18-17(21)14-6-3-2-4-7-14/h2-8,11-12H,9-10H2,1H3,(H,18,21). The van der Waals surface area contributed by atoms with Crippen LogP contribution in [0.15, 0.2) is 53.9 Å². The van der Waals surface area contributed by atoms with Crippen LogP contribution in [-0.2, 0) is 6.54 Å². The van der Waals surface area contributed by atoms with Gasteiger partial charge in [0.25, 0.3) is 5.91 Å². The number of hydrogen-bond acceptors (Lipinski definition) is 3. The van der Waals surface area contributed by atoms with Crippen molar-refractivity contribution in [2.75, 3.05) is 6.54 Å². The van der Waals surface area contributed by atoms with E-state index in [2.05, 4.69) is 22.5 Å². The quantitative estimate of drug-likeness (QED) is 0.785. The van der Waals surface area contributed by atoms with Gasteiger partial charge in [-0.3, -0.25) is 9.48 Å². The Kier molecular flexibility index (Phi) is 4.34. The summed E-state index contributed by atoms with van der Waals surface area (Å²) in [6.45, 7) is 3.25. The van der Waals surface area contributed by atoms with Gasteiger partial charge in [0.05, 0.1) is 11.4 Å². The Balaban J connectivity index is 1.59. The minimum absolute atomic E-state index is 0.0520. The van der Waals surface area contributed by atoms with Crippen molar-refractivity contribution in [3.05, 3.63) is 65.2 Å². The molecule has 0 unspecified atom stereocenters. The van der Waals surface area contributed by atoms with E-state index >= 15 is 0 Å². The van der Waals surface area contributed by atoms with Crippen molar-refractivity contribution in [3.63, 3.8) is 0 Å². The van der Waals surface area contributed by atoms with Crippen LogP contribution in [-0.4, -0.2) is 22.2 Å². The predicted octanol–water partition coefficient (Wildman–Crippen LogP) is 3.35. The lowest BCUT2D eigenvalue weighted by Crippen LogP contribution is -2.27. The van der Waals surface area contributed by atoms with E-state index in [9.17, 15) is 4.79 Å². The Bertz CT molecular complexity index is 748. The summed E-state index contributed by atoms with van der Waals surface area (Å²) >= 11 is 1.68. The molecule has 0 atom stereocenters. The van der Waals surface area contributed by atoms with Gasteiger partial charge in [0.15, 0.2) is 0 Å². The molecule has 4 nitrogen and oxygen atoms in total. The zero-order valence-electron chi connectivity index (χ0n) is 12.3. The molecule has 3 rings (SSSR count). The summed E-state index contributed by atoms with van der Waals surface area (Å²) in [5, 5.41) is 9.56. The van der Waals surface area contributed by atoms with E-state index in [1.54, 1.807) is 11.3 Å². The fraction of sp³-hybridized carbons (Fsp3) is 0.176. The Hall–Kier alpha value is -2.40. The van der Waals surface area contributed by atoms with Crippen LogP contribution in [0.4, 0.5) is 0 Å². The van der Waals surface area contributed by atoms with Crippen LogP contribution < -0.4 is 5.32 Å². The van der Waals surface area contributed by atoms with E-state index in [1.807, 2.05) is 53.4 Å². The predicted molar refractivity (Wildman–Crippen MR) is 89.1 cm³/mol. The van der Waals surface area contributed by atoms with Gasteiger partial charge in [-0.05, 0) is 36.6 Å². The van der Waals surface area contributed by atoms with E-state index in [4.69, 9.17) is 0 Å². The fourth-order valence-corrected chi connectivity index (χ4v) is 2.93. The van der Waals surface area contributed by atoms with Crippen molar-refractivity contribution in [2.24, 2.45) is 0 Å². The Morgan fingerprint density at radius 2 is 2.05 bits per heavy atom. The van der Waals surface area contributed by atoms with Crippen LogP contribution in [0.25, 0.3) is 10.6 Å². The third-order valence-electron chi connectivity index (χ3n) is 3.40. The number of rotatable bonds is 5. The van der Waals surface area contributed by atoms with E-state index in [0.29, 0.717) is 18.7 Å². The largest absolute Gasteiger partial charge is 0.350 e. The smallest absolute Gasteiger partial charge is 0.251 e. The highest BCUT2D eigenvalue weighted by Crippen LogP contribution is 2.23. The first-order valence-corrected chi connectivity index (χ1v) is 8.03.